The molecule has 0 saturated heterocycles. The molecular weight excluding hydrogens is 488 g/mol. The molecule has 0 bridgehead atoms. The van der Waals surface area contributed by atoms with E-state index in [2.05, 4.69) is 4.98 Å². The number of rotatable bonds is 7. The Morgan fingerprint density at radius 3 is 2.00 bits per heavy atom. The highest BCUT2D eigenvalue weighted by Crippen LogP contribution is 2.32. The number of nitrogens with zero attached hydrogens (tertiary/aromatic N) is 3. The van der Waals surface area contributed by atoms with Gasteiger partial charge in [-0.15, -0.1) is 0 Å². The van der Waals surface area contributed by atoms with Crippen molar-refractivity contribution in [2.45, 2.75) is 0 Å². The zero-order chi connectivity index (χ0) is 27.4. The van der Waals surface area contributed by atoms with Gasteiger partial charge in [-0.25, -0.2) is 4.99 Å². The molecule has 2 N–H and O–H groups in total. The Bertz CT molecular complexity index is 1640. The third-order valence-corrected chi connectivity index (χ3v) is 6.43. The first-order valence-corrected chi connectivity index (χ1v) is 12.5. The van der Waals surface area contributed by atoms with E-state index in [4.69, 9.17) is 4.99 Å². The largest absolute Gasteiger partial charge is 0.494 e. The Labute approximate surface area is 226 Å². The highest BCUT2D eigenvalue weighted by Gasteiger charge is 2.22. The fourth-order valence-electron chi connectivity index (χ4n) is 4.36. The molecular formula is C32H28N4O3. The van der Waals surface area contributed by atoms with Gasteiger partial charge in [-0.3, -0.25) is 14.5 Å². The van der Waals surface area contributed by atoms with E-state index in [1.54, 1.807) is 62.6 Å². The number of aromatic amines is 1. The molecule has 0 aliphatic rings. The summed E-state index contributed by atoms with van der Waals surface area (Å²) < 4.78 is 0. The summed E-state index contributed by atoms with van der Waals surface area (Å²) in [6, 6.07) is 33.4. The summed E-state index contributed by atoms with van der Waals surface area (Å²) in [5.41, 5.74) is 4.58. The number of fused-ring (bicyclic) bond motifs is 1. The lowest BCUT2D eigenvalue weighted by Crippen LogP contribution is -2.40. The number of nitrogens with one attached hydrogen (secondary N) is 1. The molecule has 7 heteroatoms. The number of anilines is 1. The maximum absolute atomic E-state index is 13.4. The van der Waals surface area contributed by atoms with Crippen molar-refractivity contribution >= 4 is 39.8 Å². The molecule has 0 unspecified atom stereocenters. The molecule has 0 radical (unpaired) electrons. The number of hydrogen-bond donors (Lipinski definition) is 2. The molecule has 1 heterocycles. The Morgan fingerprint density at radius 1 is 0.769 bits per heavy atom. The second kappa shape index (κ2) is 11.1. The highest BCUT2D eigenvalue weighted by molar-refractivity contribution is 6.21. The predicted octanol–water partition coefficient (Wildman–Crippen LogP) is 5.78. The number of aliphatic imine (C=N–C) groups is 1. The summed E-state index contributed by atoms with van der Waals surface area (Å²) >= 11 is 0. The average molecular weight is 517 g/mol. The normalized spacial score (nSPS) is 11.4. The van der Waals surface area contributed by atoms with Crippen molar-refractivity contribution in [3.05, 3.63) is 126 Å². The van der Waals surface area contributed by atoms with Gasteiger partial charge in [0.1, 0.15) is 6.54 Å². The van der Waals surface area contributed by atoms with E-state index >= 15 is 0 Å². The monoisotopic (exact) mass is 516 g/mol. The van der Waals surface area contributed by atoms with Crippen LogP contribution in [-0.2, 0) is 4.79 Å². The molecule has 1 aromatic heterocycles. The van der Waals surface area contributed by atoms with Gasteiger partial charge >= 0.3 is 0 Å². The molecule has 2 amide bonds. The number of H-pyrrole nitrogens is 1. The Kier molecular flexibility index (Phi) is 7.23. The van der Waals surface area contributed by atoms with Crippen LogP contribution in [0.1, 0.15) is 21.5 Å². The standard InChI is InChI=1S/C32H28N4O3/c1-35(2)28(37)21-36(32(39)23-13-7-4-8-14-23)25-19-17-24(18-20-25)33-30(22-11-5-3-6-12-22)29-26-15-9-10-16-27(26)34-31(29)38/h3-20,34,38H,21H2,1-2H3. The van der Waals surface area contributed by atoms with Crippen LogP contribution in [0.5, 0.6) is 5.88 Å². The van der Waals surface area contributed by atoms with Gasteiger partial charge in [-0.1, -0.05) is 66.7 Å². The van der Waals surface area contributed by atoms with Crippen LogP contribution in [0.4, 0.5) is 11.4 Å². The SMILES string of the molecule is CN(C)C(=O)CN(C(=O)c1ccccc1)c1ccc(N=C(c2ccccc2)c2c(O)[nH]c3ccccc23)cc1. The van der Waals surface area contributed by atoms with Gasteiger partial charge in [0.2, 0.25) is 5.91 Å². The van der Waals surface area contributed by atoms with Crippen molar-refractivity contribution in [2.75, 3.05) is 25.5 Å². The molecule has 0 aliphatic heterocycles. The van der Waals surface area contributed by atoms with E-state index in [1.807, 2.05) is 60.7 Å². The number of aromatic hydroxyl groups is 1. The molecule has 0 saturated carbocycles. The van der Waals surface area contributed by atoms with E-state index in [0.29, 0.717) is 28.2 Å². The van der Waals surface area contributed by atoms with Crippen molar-refractivity contribution in [3.63, 3.8) is 0 Å². The third-order valence-electron chi connectivity index (χ3n) is 6.43. The van der Waals surface area contributed by atoms with Crippen LogP contribution < -0.4 is 4.90 Å². The van der Waals surface area contributed by atoms with Crippen LogP contribution in [0.2, 0.25) is 0 Å². The number of benzene rings is 4. The number of likely N-dealkylation sites (N-methyl/N-ethyl adjacent to an activating group) is 1. The van der Waals surface area contributed by atoms with Crippen LogP contribution in [-0.4, -0.2) is 53.2 Å². The van der Waals surface area contributed by atoms with Gasteiger partial charge in [-0.2, -0.15) is 0 Å². The number of aromatic nitrogens is 1. The number of hydrogen-bond acceptors (Lipinski definition) is 4. The minimum atomic E-state index is -0.268. The Balaban J connectivity index is 1.56. The summed E-state index contributed by atoms with van der Waals surface area (Å²) in [4.78, 5) is 36.8. The average Bonchev–Trinajstić information content (AvgIpc) is 3.30. The second-order valence-corrected chi connectivity index (χ2v) is 9.28. The first-order chi connectivity index (χ1) is 18.9. The Hall–Kier alpha value is -5.17. The molecule has 0 spiro atoms. The lowest BCUT2D eigenvalue weighted by molar-refractivity contribution is -0.127. The van der Waals surface area contributed by atoms with Gasteiger partial charge in [0.25, 0.3) is 5.91 Å². The smallest absolute Gasteiger partial charge is 0.258 e. The van der Waals surface area contributed by atoms with Crippen LogP contribution >= 0.6 is 0 Å². The molecule has 5 rings (SSSR count). The van der Waals surface area contributed by atoms with Crippen molar-refractivity contribution in [2.24, 2.45) is 4.99 Å². The van der Waals surface area contributed by atoms with Gasteiger partial charge in [-0.05, 0) is 42.5 Å². The van der Waals surface area contributed by atoms with E-state index < -0.39 is 0 Å². The van der Waals surface area contributed by atoms with Crippen molar-refractivity contribution in [1.82, 2.24) is 9.88 Å². The van der Waals surface area contributed by atoms with Crippen molar-refractivity contribution in [1.29, 1.82) is 0 Å². The number of carbonyl (C=O) groups is 2. The molecule has 4 aromatic carbocycles. The van der Waals surface area contributed by atoms with E-state index in [9.17, 15) is 14.7 Å². The summed E-state index contributed by atoms with van der Waals surface area (Å²) in [5.74, 6) is -0.421. The minimum absolute atomic E-state index is 0.0391. The van der Waals surface area contributed by atoms with E-state index in [1.165, 1.54) is 9.80 Å². The zero-order valence-corrected chi connectivity index (χ0v) is 21.7. The van der Waals surface area contributed by atoms with E-state index in [-0.39, 0.29) is 24.2 Å². The summed E-state index contributed by atoms with van der Waals surface area (Å²) in [7, 11) is 3.33. The molecule has 39 heavy (non-hydrogen) atoms. The first-order valence-electron chi connectivity index (χ1n) is 12.5. The predicted molar refractivity (Wildman–Crippen MR) is 155 cm³/mol. The molecule has 0 aliphatic carbocycles. The number of amides is 2. The fraction of sp³-hybridized carbons (Fsp3) is 0.0938. The van der Waals surface area contributed by atoms with Crippen molar-refractivity contribution in [3.8, 4) is 5.88 Å². The van der Waals surface area contributed by atoms with Crippen LogP contribution in [0, 0.1) is 0 Å². The Morgan fingerprint density at radius 2 is 1.36 bits per heavy atom. The maximum Gasteiger partial charge on any atom is 0.258 e. The summed E-state index contributed by atoms with van der Waals surface area (Å²) in [6.07, 6.45) is 0. The quantitative estimate of drug-likeness (QED) is 0.269. The van der Waals surface area contributed by atoms with Gasteiger partial charge < -0.3 is 15.0 Å². The third kappa shape index (κ3) is 5.43. The van der Waals surface area contributed by atoms with Crippen molar-refractivity contribution < 1.29 is 14.7 Å². The lowest BCUT2D eigenvalue weighted by atomic mass is 10.0. The second-order valence-electron chi connectivity index (χ2n) is 9.28. The maximum atomic E-state index is 13.4. The molecule has 7 nitrogen and oxygen atoms in total. The molecule has 0 fully saturated rings. The summed E-state index contributed by atoms with van der Waals surface area (Å²) in [6.45, 7) is -0.0954. The molecule has 0 atom stereocenters. The van der Waals surface area contributed by atoms with Crippen LogP contribution in [0.3, 0.4) is 0 Å². The fourth-order valence-corrected chi connectivity index (χ4v) is 4.36. The zero-order valence-electron chi connectivity index (χ0n) is 21.7. The van der Waals surface area contributed by atoms with Gasteiger partial charge in [0, 0.05) is 41.8 Å². The van der Waals surface area contributed by atoms with Gasteiger partial charge in [0.15, 0.2) is 5.88 Å². The minimum Gasteiger partial charge on any atom is -0.494 e. The summed E-state index contributed by atoms with van der Waals surface area (Å²) in [5, 5.41) is 11.7. The first kappa shape index (κ1) is 25.5. The lowest BCUT2D eigenvalue weighted by Gasteiger charge is -2.24. The number of carbonyl (C=O) groups excluding carboxylic acids is 2. The molecule has 194 valence electrons. The molecule has 5 aromatic rings. The topological polar surface area (TPSA) is 89.0 Å². The number of para-hydroxylation sites is 1. The van der Waals surface area contributed by atoms with Crippen LogP contribution in [0.15, 0.2) is 114 Å². The van der Waals surface area contributed by atoms with Gasteiger partial charge in [0.05, 0.1) is 17.0 Å². The van der Waals surface area contributed by atoms with E-state index in [0.717, 1.165) is 16.5 Å². The van der Waals surface area contributed by atoms with Crippen LogP contribution in [0.25, 0.3) is 10.9 Å². The highest BCUT2D eigenvalue weighted by atomic mass is 16.3.